The van der Waals surface area contributed by atoms with Crippen molar-refractivity contribution >= 4 is 17.2 Å². The summed E-state index contributed by atoms with van der Waals surface area (Å²) >= 11 is 0. The molecular formula is C20H29N3O. The lowest BCUT2D eigenvalue weighted by Crippen LogP contribution is -2.38. The lowest BCUT2D eigenvalue weighted by molar-refractivity contribution is 0.123. The lowest BCUT2D eigenvalue weighted by Gasteiger charge is -2.33. The fraction of sp³-hybridized carbons (Fsp3) is 0.650. The van der Waals surface area contributed by atoms with Gasteiger partial charge in [-0.3, -0.25) is 0 Å². The van der Waals surface area contributed by atoms with E-state index in [1.807, 2.05) is 0 Å². The summed E-state index contributed by atoms with van der Waals surface area (Å²) in [6.45, 7) is 4.77. The molecule has 2 heterocycles. The molecule has 0 atom stereocenters. The summed E-state index contributed by atoms with van der Waals surface area (Å²) in [5.74, 6) is 1.32. The minimum Gasteiger partial charge on any atom is -0.378 e. The third kappa shape index (κ3) is 3.44. The van der Waals surface area contributed by atoms with Gasteiger partial charge in [0.1, 0.15) is 5.84 Å². The summed E-state index contributed by atoms with van der Waals surface area (Å²) in [5, 5.41) is 0. The Morgan fingerprint density at radius 2 is 1.71 bits per heavy atom. The maximum Gasteiger partial charge on any atom is 0.105 e. The van der Waals surface area contributed by atoms with E-state index in [-0.39, 0.29) is 0 Å². The van der Waals surface area contributed by atoms with Crippen molar-refractivity contribution in [3.05, 3.63) is 24.3 Å². The third-order valence-corrected chi connectivity index (χ3v) is 5.63. The van der Waals surface area contributed by atoms with Crippen LogP contribution in [0, 0.1) is 0 Å². The molecule has 3 aliphatic rings. The molecule has 0 spiro atoms. The standard InChI is InChI=1S/C20H29N3O/c1-2-7-17(8-3-1)23-12-6-11-20(23)21-18-9-4-5-10-19(18)22-13-15-24-16-14-22/h4-5,9-10,17H,1-3,6-8,11-16H2. The number of amidine groups is 1. The zero-order valence-corrected chi connectivity index (χ0v) is 14.6. The number of nitrogens with zero attached hydrogens (tertiary/aromatic N) is 3. The van der Waals surface area contributed by atoms with E-state index in [0.29, 0.717) is 0 Å². The predicted molar refractivity (Wildman–Crippen MR) is 99.4 cm³/mol. The minimum absolute atomic E-state index is 0.732. The number of morpholine rings is 1. The Balaban J connectivity index is 1.57. The molecule has 1 aliphatic carbocycles. The molecule has 4 heteroatoms. The number of hydrogen-bond donors (Lipinski definition) is 0. The lowest BCUT2D eigenvalue weighted by atomic mass is 9.94. The molecule has 3 fully saturated rings. The van der Waals surface area contributed by atoms with Crippen molar-refractivity contribution in [2.75, 3.05) is 37.7 Å². The number of para-hydroxylation sites is 2. The van der Waals surface area contributed by atoms with Crippen molar-refractivity contribution in [1.82, 2.24) is 4.90 Å². The summed E-state index contributed by atoms with van der Waals surface area (Å²) in [6, 6.07) is 9.36. The summed E-state index contributed by atoms with van der Waals surface area (Å²) in [4.78, 5) is 10.2. The molecule has 1 saturated carbocycles. The quantitative estimate of drug-likeness (QED) is 0.840. The van der Waals surface area contributed by atoms with Gasteiger partial charge in [-0.25, -0.2) is 4.99 Å². The Morgan fingerprint density at radius 3 is 2.54 bits per heavy atom. The van der Waals surface area contributed by atoms with Crippen LogP contribution in [0.3, 0.4) is 0 Å². The van der Waals surface area contributed by atoms with Crippen LogP contribution in [-0.2, 0) is 4.74 Å². The van der Waals surface area contributed by atoms with Crippen molar-refractivity contribution in [2.45, 2.75) is 51.0 Å². The number of likely N-dealkylation sites (tertiary alicyclic amines) is 1. The van der Waals surface area contributed by atoms with E-state index in [9.17, 15) is 0 Å². The van der Waals surface area contributed by atoms with Crippen molar-refractivity contribution in [2.24, 2.45) is 4.99 Å². The van der Waals surface area contributed by atoms with Gasteiger partial charge in [-0.2, -0.15) is 0 Å². The van der Waals surface area contributed by atoms with Gasteiger partial charge in [0.2, 0.25) is 0 Å². The van der Waals surface area contributed by atoms with Gasteiger partial charge in [0.25, 0.3) is 0 Å². The number of hydrogen-bond acceptors (Lipinski definition) is 3. The Bertz CT molecular complexity index is 574. The molecule has 0 bridgehead atoms. The Hall–Kier alpha value is -1.55. The van der Waals surface area contributed by atoms with Crippen LogP contribution in [0.1, 0.15) is 44.9 Å². The fourth-order valence-corrected chi connectivity index (χ4v) is 4.36. The molecule has 2 saturated heterocycles. The third-order valence-electron chi connectivity index (χ3n) is 5.63. The molecule has 0 amide bonds. The first-order chi connectivity index (χ1) is 11.9. The highest BCUT2D eigenvalue weighted by Crippen LogP contribution is 2.32. The van der Waals surface area contributed by atoms with Crippen LogP contribution < -0.4 is 4.90 Å². The van der Waals surface area contributed by atoms with Gasteiger partial charge in [-0.05, 0) is 31.4 Å². The van der Waals surface area contributed by atoms with Gasteiger partial charge in [0.15, 0.2) is 0 Å². The van der Waals surface area contributed by atoms with Gasteiger partial charge >= 0.3 is 0 Å². The average Bonchev–Trinajstić information content (AvgIpc) is 3.12. The van der Waals surface area contributed by atoms with Crippen LogP contribution in [0.2, 0.25) is 0 Å². The Morgan fingerprint density at radius 1 is 0.917 bits per heavy atom. The molecule has 1 aromatic carbocycles. The minimum atomic E-state index is 0.732. The largest absolute Gasteiger partial charge is 0.378 e. The molecule has 2 aliphatic heterocycles. The smallest absolute Gasteiger partial charge is 0.105 e. The van der Waals surface area contributed by atoms with Gasteiger partial charge < -0.3 is 14.5 Å². The van der Waals surface area contributed by atoms with E-state index in [1.165, 1.54) is 56.6 Å². The molecule has 4 rings (SSSR count). The summed E-state index contributed by atoms with van der Waals surface area (Å²) in [5.41, 5.74) is 2.40. The highest BCUT2D eigenvalue weighted by Gasteiger charge is 2.28. The molecule has 4 nitrogen and oxygen atoms in total. The van der Waals surface area contributed by atoms with Crippen LogP contribution in [-0.4, -0.2) is 49.6 Å². The summed E-state index contributed by atoms with van der Waals surface area (Å²) < 4.78 is 5.51. The van der Waals surface area contributed by atoms with Gasteiger partial charge in [-0.1, -0.05) is 31.4 Å². The first-order valence-electron chi connectivity index (χ1n) is 9.68. The predicted octanol–water partition coefficient (Wildman–Crippen LogP) is 3.98. The van der Waals surface area contributed by atoms with Crippen LogP contribution in [0.25, 0.3) is 0 Å². The molecule has 0 aromatic heterocycles. The number of aliphatic imine (C=N–C) groups is 1. The summed E-state index contributed by atoms with van der Waals surface area (Å²) in [6.07, 6.45) is 9.28. The second-order valence-corrected chi connectivity index (χ2v) is 7.20. The van der Waals surface area contributed by atoms with E-state index in [1.54, 1.807) is 0 Å². The molecule has 24 heavy (non-hydrogen) atoms. The van der Waals surface area contributed by atoms with Crippen molar-refractivity contribution in [1.29, 1.82) is 0 Å². The van der Waals surface area contributed by atoms with Crippen molar-refractivity contribution in [3.63, 3.8) is 0 Å². The number of ether oxygens (including phenoxy) is 1. The molecule has 0 N–H and O–H groups in total. The van der Waals surface area contributed by atoms with Crippen molar-refractivity contribution in [3.8, 4) is 0 Å². The van der Waals surface area contributed by atoms with Gasteiger partial charge in [0.05, 0.1) is 24.6 Å². The van der Waals surface area contributed by atoms with Gasteiger partial charge in [0, 0.05) is 32.1 Å². The molecule has 1 aromatic rings. The first-order valence-corrected chi connectivity index (χ1v) is 9.68. The number of anilines is 1. The molecule has 130 valence electrons. The Kier molecular flexibility index (Phi) is 5.02. The topological polar surface area (TPSA) is 28.1 Å². The first kappa shape index (κ1) is 15.9. The van der Waals surface area contributed by atoms with Crippen LogP contribution in [0.15, 0.2) is 29.3 Å². The van der Waals surface area contributed by atoms with Crippen molar-refractivity contribution < 1.29 is 4.74 Å². The van der Waals surface area contributed by atoms with Crippen LogP contribution in [0.5, 0.6) is 0 Å². The Labute approximate surface area is 145 Å². The zero-order chi connectivity index (χ0) is 16.2. The number of rotatable bonds is 3. The van der Waals surface area contributed by atoms with E-state index < -0.39 is 0 Å². The van der Waals surface area contributed by atoms with Crippen LogP contribution >= 0.6 is 0 Å². The molecule has 0 radical (unpaired) electrons. The van der Waals surface area contributed by atoms with Gasteiger partial charge in [-0.15, -0.1) is 0 Å². The highest BCUT2D eigenvalue weighted by atomic mass is 16.5. The zero-order valence-electron chi connectivity index (χ0n) is 14.6. The van der Waals surface area contributed by atoms with E-state index in [4.69, 9.17) is 9.73 Å². The monoisotopic (exact) mass is 327 g/mol. The maximum atomic E-state index is 5.51. The van der Waals surface area contributed by atoms with E-state index >= 15 is 0 Å². The average molecular weight is 327 g/mol. The maximum absolute atomic E-state index is 5.51. The summed E-state index contributed by atoms with van der Waals surface area (Å²) in [7, 11) is 0. The van der Waals surface area contributed by atoms with E-state index in [0.717, 1.165) is 44.5 Å². The molecule has 0 unspecified atom stereocenters. The normalized spacial score (nSPS) is 24.8. The SMILES string of the molecule is c1ccc(N2CCOCC2)c(N=C2CCCN2C2CCCCC2)c1. The number of benzene rings is 1. The van der Waals surface area contributed by atoms with Crippen LogP contribution in [0.4, 0.5) is 11.4 Å². The fourth-order valence-electron chi connectivity index (χ4n) is 4.36. The second kappa shape index (κ2) is 7.56. The second-order valence-electron chi connectivity index (χ2n) is 7.20. The highest BCUT2D eigenvalue weighted by molar-refractivity contribution is 5.88. The van der Waals surface area contributed by atoms with E-state index in [2.05, 4.69) is 34.1 Å². The molecular weight excluding hydrogens is 298 g/mol.